The molecule has 2 N–H and O–H groups in total. The van der Waals surface area contributed by atoms with E-state index in [4.69, 9.17) is 21.1 Å². The van der Waals surface area contributed by atoms with E-state index in [1.165, 1.54) is 20.3 Å². The summed E-state index contributed by atoms with van der Waals surface area (Å²) in [5.41, 5.74) is 1.07. The highest BCUT2D eigenvalue weighted by Gasteiger charge is 2.26. The van der Waals surface area contributed by atoms with Gasteiger partial charge in [-0.1, -0.05) is 29.8 Å². The number of ketones is 1. The monoisotopic (exact) mass is 474 g/mol. The number of aliphatic hydroxyl groups excluding tert-OH is 1. The molecule has 2 aromatic carbocycles. The Hall–Kier alpha value is -2.58. The second kappa shape index (κ2) is 11.5. The summed E-state index contributed by atoms with van der Waals surface area (Å²) < 4.78 is 10.8. The van der Waals surface area contributed by atoms with E-state index >= 15 is 0 Å². The molecule has 0 radical (unpaired) electrons. The Morgan fingerprint density at radius 2 is 1.82 bits per heavy atom. The Morgan fingerprint density at radius 1 is 1.15 bits per heavy atom. The molecule has 1 atom stereocenters. The summed E-state index contributed by atoms with van der Waals surface area (Å²) >= 11 is 6.17. The van der Waals surface area contributed by atoms with Crippen LogP contribution in [0.25, 0.3) is 6.08 Å². The molecule has 1 heterocycles. The van der Waals surface area contributed by atoms with Gasteiger partial charge in [-0.3, -0.25) is 9.69 Å². The lowest BCUT2D eigenvalue weighted by Crippen LogP contribution is -2.47. The number of phenols is 1. The van der Waals surface area contributed by atoms with E-state index in [0.29, 0.717) is 28.4 Å². The number of rotatable bonds is 9. The van der Waals surface area contributed by atoms with Gasteiger partial charge in [0.2, 0.25) is 0 Å². The van der Waals surface area contributed by atoms with Gasteiger partial charge >= 0.3 is 0 Å². The van der Waals surface area contributed by atoms with Crippen LogP contribution in [0.2, 0.25) is 5.02 Å². The minimum atomic E-state index is -0.733. The minimum absolute atomic E-state index is 0.0170. The van der Waals surface area contributed by atoms with Crippen molar-refractivity contribution in [3.8, 4) is 17.2 Å². The molecule has 1 saturated heterocycles. The molecule has 3 rings (SSSR count). The summed E-state index contributed by atoms with van der Waals surface area (Å²) in [5, 5.41) is 22.3. The van der Waals surface area contributed by atoms with Crippen molar-refractivity contribution >= 4 is 23.5 Å². The van der Waals surface area contributed by atoms with Crippen LogP contribution in [0.4, 0.5) is 0 Å². The van der Waals surface area contributed by atoms with Gasteiger partial charge in [0.1, 0.15) is 22.8 Å². The van der Waals surface area contributed by atoms with E-state index in [1.54, 1.807) is 30.3 Å². The molecule has 1 aliphatic heterocycles. The van der Waals surface area contributed by atoms with Gasteiger partial charge in [0.15, 0.2) is 5.78 Å². The van der Waals surface area contributed by atoms with Crippen molar-refractivity contribution in [2.24, 2.45) is 0 Å². The van der Waals surface area contributed by atoms with Gasteiger partial charge in [-0.15, -0.1) is 0 Å². The average molecular weight is 475 g/mol. The number of phenolic OH excluding ortho intramolecular Hbond substituents is 1. The molecule has 0 bridgehead atoms. The number of carbonyl (C=O) groups is 1. The summed E-state index contributed by atoms with van der Waals surface area (Å²) in [4.78, 5) is 17.5. The second-order valence-corrected chi connectivity index (χ2v) is 8.57. The van der Waals surface area contributed by atoms with Gasteiger partial charge in [-0.2, -0.15) is 0 Å². The van der Waals surface area contributed by atoms with Crippen molar-refractivity contribution in [2.75, 3.05) is 54.0 Å². The number of hydrogen-bond acceptors (Lipinski definition) is 7. The zero-order valence-electron chi connectivity index (χ0n) is 19.3. The molecule has 7 nitrogen and oxygen atoms in total. The van der Waals surface area contributed by atoms with E-state index in [0.717, 1.165) is 26.2 Å². The van der Waals surface area contributed by atoms with Crippen LogP contribution in [0.15, 0.2) is 36.4 Å². The number of likely N-dealkylation sites (N-methyl/N-ethyl adjacent to an activating group) is 1. The molecular formula is C25H31ClN2O5. The Labute approximate surface area is 199 Å². The number of allylic oxidation sites excluding steroid dienone is 1. The van der Waals surface area contributed by atoms with Gasteiger partial charge < -0.3 is 24.6 Å². The van der Waals surface area contributed by atoms with Crippen LogP contribution in [0.3, 0.4) is 0 Å². The van der Waals surface area contributed by atoms with Crippen molar-refractivity contribution in [3.05, 3.63) is 58.1 Å². The molecule has 8 heteroatoms. The maximum Gasteiger partial charge on any atom is 0.193 e. The van der Waals surface area contributed by atoms with Crippen molar-refractivity contribution in [1.82, 2.24) is 9.80 Å². The van der Waals surface area contributed by atoms with Crippen LogP contribution in [-0.4, -0.2) is 85.9 Å². The third kappa shape index (κ3) is 6.26. The van der Waals surface area contributed by atoms with E-state index in [9.17, 15) is 15.0 Å². The van der Waals surface area contributed by atoms with E-state index in [1.807, 2.05) is 6.07 Å². The quantitative estimate of drug-likeness (QED) is 0.427. The molecule has 2 aromatic rings. The number of nitrogens with zero attached hydrogens (tertiary/aromatic N) is 2. The maximum absolute atomic E-state index is 13.0. The Bertz CT molecular complexity index is 1000. The fraction of sp³-hybridized carbons (Fsp3) is 0.400. The van der Waals surface area contributed by atoms with Crippen molar-refractivity contribution < 1.29 is 24.5 Å². The van der Waals surface area contributed by atoms with Crippen LogP contribution < -0.4 is 9.47 Å². The summed E-state index contributed by atoms with van der Waals surface area (Å²) in [6.07, 6.45) is 2.34. The van der Waals surface area contributed by atoms with Crippen molar-refractivity contribution in [2.45, 2.75) is 12.5 Å². The molecule has 1 aliphatic rings. The summed E-state index contributed by atoms with van der Waals surface area (Å²) in [5.74, 6) is -0.150. The lowest BCUT2D eigenvalue weighted by molar-refractivity contribution is 0.0799. The molecule has 1 unspecified atom stereocenters. The second-order valence-electron chi connectivity index (χ2n) is 8.16. The first kappa shape index (κ1) is 25.1. The fourth-order valence-corrected chi connectivity index (χ4v) is 4.13. The number of carbonyl (C=O) groups excluding carboxylic acids is 1. The number of methoxy groups -OCH3 is 2. The van der Waals surface area contributed by atoms with Crippen LogP contribution >= 0.6 is 11.6 Å². The van der Waals surface area contributed by atoms with Crippen LogP contribution in [0.1, 0.15) is 21.5 Å². The average Bonchev–Trinajstić information content (AvgIpc) is 2.80. The molecule has 0 aromatic heterocycles. The van der Waals surface area contributed by atoms with Gasteiger partial charge in [-0.05, 0) is 30.8 Å². The van der Waals surface area contributed by atoms with Crippen LogP contribution in [0, 0.1) is 0 Å². The normalized spacial score (nSPS) is 16.2. The van der Waals surface area contributed by atoms with E-state index in [-0.39, 0.29) is 23.5 Å². The highest BCUT2D eigenvalue weighted by molar-refractivity contribution is 6.32. The number of piperazine rings is 1. The number of halogens is 1. The fourth-order valence-electron chi connectivity index (χ4n) is 3.93. The standard InChI is InChI=1S/C25H31ClN2O5/c1-27-10-12-28(13-11-27)16-18(29)14-19-22(32-2)15-23(33-3)24(25(19)31)21(30)9-8-17-6-4-5-7-20(17)26/h4-9,15,18,29,31H,10-14,16H2,1-3H3. The minimum Gasteiger partial charge on any atom is -0.507 e. The SMILES string of the molecule is COc1cc(OC)c(C(=O)C=Cc2ccccc2Cl)c(O)c1CC(O)CN1CCN(C)CC1. The highest BCUT2D eigenvalue weighted by Crippen LogP contribution is 2.40. The maximum atomic E-state index is 13.0. The zero-order chi connectivity index (χ0) is 24.0. The number of benzene rings is 2. The van der Waals surface area contributed by atoms with Gasteiger partial charge in [0.25, 0.3) is 0 Å². The topological polar surface area (TPSA) is 82.5 Å². The third-order valence-electron chi connectivity index (χ3n) is 5.84. The predicted octanol–water partition coefficient (Wildman–Crippen LogP) is 3.11. The van der Waals surface area contributed by atoms with Crippen molar-refractivity contribution in [1.29, 1.82) is 0 Å². The number of aliphatic hydroxyl groups is 1. The molecular weight excluding hydrogens is 444 g/mol. The molecule has 0 aliphatic carbocycles. The molecule has 178 valence electrons. The summed E-state index contributed by atoms with van der Waals surface area (Å²) in [6, 6.07) is 8.71. The molecule has 0 amide bonds. The third-order valence-corrected chi connectivity index (χ3v) is 6.18. The van der Waals surface area contributed by atoms with Crippen molar-refractivity contribution in [3.63, 3.8) is 0 Å². The van der Waals surface area contributed by atoms with Crippen LogP contribution in [0.5, 0.6) is 17.2 Å². The zero-order valence-corrected chi connectivity index (χ0v) is 20.0. The Balaban J connectivity index is 1.86. The molecule has 0 spiro atoms. The predicted molar refractivity (Wildman–Crippen MR) is 130 cm³/mol. The van der Waals surface area contributed by atoms with Gasteiger partial charge in [-0.25, -0.2) is 0 Å². The number of hydrogen-bond donors (Lipinski definition) is 2. The first-order valence-electron chi connectivity index (χ1n) is 10.9. The smallest absolute Gasteiger partial charge is 0.193 e. The lowest BCUT2D eigenvalue weighted by atomic mass is 9.97. The lowest BCUT2D eigenvalue weighted by Gasteiger charge is -2.33. The summed E-state index contributed by atoms with van der Waals surface area (Å²) in [6.45, 7) is 4.10. The highest BCUT2D eigenvalue weighted by atomic mass is 35.5. The van der Waals surface area contributed by atoms with Crippen LogP contribution in [-0.2, 0) is 6.42 Å². The molecule has 1 fully saturated rings. The van der Waals surface area contributed by atoms with Gasteiger partial charge in [0.05, 0.1) is 20.3 Å². The first-order chi connectivity index (χ1) is 15.8. The van der Waals surface area contributed by atoms with Gasteiger partial charge in [0, 0.05) is 55.8 Å². The summed E-state index contributed by atoms with van der Waals surface area (Å²) in [7, 11) is 4.97. The number of aromatic hydroxyl groups is 1. The van der Waals surface area contributed by atoms with E-state index in [2.05, 4.69) is 16.8 Å². The number of β-amino-alcohol motifs (C(OH)–C–C–N with tert-alkyl or cyclic N) is 1. The Kier molecular flexibility index (Phi) is 8.74. The Morgan fingerprint density at radius 3 is 2.45 bits per heavy atom. The first-order valence-corrected chi connectivity index (χ1v) is 11.2. The number of ether oxygens (including phenoxy) is 2. The molecule has 0 saturated carbocycles. The van der Waals surface area contributed by atoms with E-state index < -0.39 is 11.9 Å². The molecule has 33 heavy (non-hydrogen) atoms. The largest absolute Gasteiger partial charge is 0.507 e.